The van der Waals surface area contributed by atoms with Crippen molar-refractivity contribution in [3.05, 3.63) is 48.2 Å². The minimum Gasteiger partial charge on any atom is -0.359 e. The monoisotopic (exact) mass is 254 g/mol. The van der Waals surface area contributed by atoms with E-state index in [1.54, 1.807) is 0 Å². The summed E-state index contributed by atoms with van der Waals surface area (Å²) in [7, 11) is 0. The third kappa shape index (κ3) is 2.41. The van der Waals surface area contributed by atoms with Crippen molar-refractivity contribution in [2.24, 2.45) is 5.73 Å². The zero-order chi connectivity index (χ0) is 13.1. The summed E-state index contributed by atoms with van der Waals surface area (Å²) in [6.07, 6.45) is 2.70. The Morgan fingerprint density at radius 3 is 2.68 bits per heavy atom. The molecule has 0 saturated carbocycles. The van der Waals surface area contributed by atoms with Crippen molar-refractivity contribution < 1.29 is 4.52 Å². The van der Waals surface area contributed by atoms with Crippen LogP contribution in [0.3, 0.4) is 0 Å². The van der Waals surface area contributed by atoms with Crippen LogP contribution < -0.4 is 5.73 Å². The van der Waals surface area contributed by atoms with Crippen LogP contribution in [0, 0.1) is 0 Å². The molecule has 2 aromatic heterocycles. The summed E-state index contributed by atoms with van der Waals surface area (Å²) < 4.78 is 5.27. The number of rotatable bonds is 4. The second kappa shape index (κ2) is 5.07. The molecule has 3 rings (SSSR count). The van der Waals surface area contributed by atoms with Crippen LogP contribution in [0.15, 0.2) is 47.1 Å². The van der Waals surface area contributed by atoms with Gasteiger partial charge in [0, 0.05) is 11.8 Å². The highest BCUT2D eigenvalue weighted by atomic mass is 16.5. The standard InChI is InChI=1S/C14H14N4O/c15-8-7-10-3-5-11(6-4-10)14-17-13(18-19-14)12-2-1-9-16-12/h1-6,9,16H,7-8,15H2. The van der Waals surface area contributed by atoms with Crippen molar-refractivity contribution in [2.75, 3.05) is 6.54 Å². The van der Waals surface area contributed by atoms with E-state index in [4.69, 9.17) is 10.3 Å². The Balaban J connectivity index is 1.86. The molecule has 0 aliphatic carbocycles. The van der Waals surface area contributed by atoms with Gasteiger partial charge in [0.25, 0.3) is 5.89 Å². The van der Waals surface area contributed by atoms with Crippen molar-refractivity contribution in [2.45, 2.75) is 6.42 Å². The van der Waals surface area contributed by atoms with E-state index >= 15 is 0 Å². The van der Waals surface area contributed by atoms with Crippen molar-refractivity contribution in [3.8, 4) is 23.0 Å². The summed E-state index contributed by atoms with van der Waals surface area (Å²) in [5.74, 6) is 1.08. The maximum Gasteiger partial charge on any atom is 0.258 e. The first kappa shape index (κ1) is 11.7. The van der Waals surface area contributed by atoms with E-state index in [1.165, 1.54) is 5.56 Å². The molecule has 0 aliphatic heterocycles. The first-order valence-corrected chi connectivity index (χ1v) is 6.13. The number of hydrogen-bond donors (Lipinski definition) is 2. The highest BCUT2D eigenvalue weighted by Gasteiger charge is 2.10. The second-order valence-corrected chi connectivity index (χ2v) is 4.24. The Hall–Kier alpha value is -2.40. The molecule has 3 aromatic rings. The first-order chi connectivity index (χ1) is 9.36. The van der Waals surface area contributed by atoms with Gasteiger partial charge in [-0.15, -0.1) is 0 Å². The molecule has 0 amide bonds. The molecule has 0 aliphatic rings. The Kier molecular flexibility index (Phi) is 3.12. The minimum atomic E-state index is 0.517. The van der Waals surface area contributed by atoms with Crippen molar-refractivity contribution in [1.29, 1.82) is 0 Å². The van der Waals surface area contributed by atoms with Crippen LogP contribution in [-0.2, 0) is 6.42 Å². The quantitative estimate of drug-likeness (QED) is 0.748. The van der Waals surface area contributed by atoms with E-state index in [0.29, 0.717) is 18.3 Å². The molecular formula is C14H14N4O. The van der Waals surface area contributed by atoms with Crippen molar-refractivity contribution in [3.63, 3.8) is 0 Å². The van der Waals surface area contributed by atoms with Crippen molar-refractivity contribution in [1.82, 2.24) is 15.1 Å². The summed E-state index contributed by atoms with van der Waals surface area (Å²) in [6, 6.07) is 11.8. The lowest BCUT2D eigenvalue weighted by Gasteiger charge is -1.98. The van der Waals surface area contributed by atoms with Gasteiger partial charge < -0.3 is 15.2 Å². The van der Waals surface area contributed by atoms with Gasteiger partial charge in [0.1, 0.15) is 0 Å². The summed E-state index contributed by atoms with van der Waals surface area (Å²) >= 11 is 0. The minimum absolute atomic E-state index is 0.517. The van der Waals surface area contributed by atoms with Crippen LogP contribution in [-0.4, -0.2) is 21.7 Å². The summed E-state index contributed by atoms with van der Waals surface area (Å²) in [4.78, 5) is 7.41. The largest absolute Gasteiger partial charge is 0.359 e. The summed E-state index contributed by atoms with van der Waals surface area (Å²) in [6.45, 7) is 0.650. The molecule has 0 bridgehead atoms. The number of hydrogen-bond acceptors (Lipinski definition) is 4. The van der Waals surface area contributed by atoms with Crippen LogP contribution in [0.2, 0.25) is 0 Å². The number of nitrogens with two attached hydrogens (primary N) is 1. The van der Waals surface area contributed by atoms with Crippen LogP contribution >= 0.6 is 0 Å². The molecule has 0 unspecified atom stereocenters. The van der Waals surface area contributed by atoms with Gasteiger partial charge in [0.2, 0.25) is 5.82 Å². The Bertz CT molecular complexity index is 640. The normalized spacial score (nSPS) is 10.8. The van der Waals surface area contributed by atoms with E-state index < -0.39 is 0 Å². The second-order valence-electron chi connectivity index (χ2n) is 4.24. The van der Waals surface area contributed by atoms with Gasteiger partial charge in [-0.1, -0.05) is 17.3 Å². The molecule has 0 saturated heterocycles. The fraction of sp³-hybridized carbons (Fsp3) is 0.143. The molecule has 0 spiro atoms. The average Bonchev–Trinajstić information content (AvgIpc) is 3.11. The predicted molar refractivity (Wildman–Crippen MR) is 72.3 cm³/mol. The van der Waals surface area contributed by atoms with Crippen LogP contribution in [0.1, 0.15) is 5.56 Å². The molecule has 3 N–H and O–H groups in total. The summed E-state index contributed by atoms with van der Waals surface area (Å²) in [5.41, 5.74) is 8.48. The third-order valence-electron chi connectivity index (χ3n) is 2.90. The zero-order valence-electron chi connectivity index (χ0n) is 10.3. The molecule has 0 radical (unpaired) electrons. The average molecular weight is 254 g/mol. The molecule has 0 atom stereocenters. The van der Waals surface area contributed by atoms with Gasteiger partial charge >= 0.3 is 0 Å². The fourth-order valence-corrected chi connectivity index (χ4v) is 1.90. The van der Waals surface area contributed by atoms with Gasteiger partial charge in [-0.3, -0.25) is 0 Å². The van der Waals surface area contributed by atoms with Gasteiger partial charge in [-0.25, -0.2) is 0 Å². The molecule has 5 nitrogen and oxygen atoms in total. The smallest absolute Gasteiger partial charge is 0.258 e. The van der Waals surface area contributed by atoms with Crippen LogP contribution in [0.4, 0.5) is 0 Å². The Morgan fingerprint density at radius 1 is 1.16 bits per heavy atom. The Labute approximate surface area is 110 Å². The van der Waals surface area contributed by atoms with E-state index in [2.05, 4.69) is 15.1 Å². The highest BCUT2D eigenvalue weighted by molar-refractivity contribution is 5.57. The fourth-order valence-electron chi connectivity index (χ4n) is 1.90. The lowest BCUT2D eigenvalue weighted by atomic mass is 10.1. The topological polar surface area (TPSA) is 80.7 Å². The van der Waals surface area contributed by atoms with E-state index in [1.807, 2.05) is 42.6 Å². The number of H-pyrrole nitrogens is 1. The third-order valence-corrected chi connectivity index (χ3v) is 2.90. The molecule has 19 heavy (non-hydrogen) atoms. The zero-order valence-corrected chi connectivity index (χ0v) is 10.3. The molecule has 5 heteroatoms. The Morgan fingerprint density at radius 2 is 2.00 bits per heavy atom. The number of aromatic nitrogens is 3. The lowest BCUT2D eigenvalue weighted by Crippen LogP contribution is -2.02. The van der Waals surface area contributed by atoms with Gasteiger partial charge in [-0.2, -0.15) is 4.98 Å². The van der Waals surface area contributed by atoms with E-state index in [9.17, 15) is 0 Å². The predicted octanol–water partition coefficient (Wildman–Crippen LogP) is 2.23. The van der Waals surface area contributed by atoms with Gasteiger partial charge in [-0.05, 0) is 42.8 Å². The molecule has 2 heterocycles. The summed E-state index contributed by atoms with van der Waals surface area (Å²) in [5, 5.41) is 3.96. The molecular weight excluding hydrogens is 240 g/mol. The molecule has 0 fully saturated rings. The maximum absolute atomic E-state index is 5.52. The number of benzene rings is 1. The molecule has 96 valence electrons. The number of nitrogens with one attached hydrogen (secondary N) is 1. The molecule has 1 aromatic carbocycles. The van der Waals surface area contributed by atoms with Gasteiger partial charge in [0.15, 0.2) is 0 Å². The first-order valence-electron chi connectivity index (χ1n) is 6.13. The maximum atomic E-state index is 5.52. The van der Waals surface area contributed by atoms with Crippen molar-refractivity contribution >= 4 is 0 Å². The van der Waals surface area contributed by atoms with E-state index in [0.717, 1.165) is 17.7 Å². The number of nitrogens with zero attached hydrogens (tertiary/aromatic N) is 2. The van der Waals surface area contributed by atoms with E-state index in [-0.39, 0.29) is 0 Å². The highest BCUT2D eigenvalue weighted by Crippen LogP contribution is 2.21. The van der Waals surface area contributed by atoms with Crippen LogP contribution in [0.5, 0.6) is 0 Å². The van der Waals surface area contributed by atoms with Gasteiger partial charge in [0.05, 0.1) is 5.69 Å². The SMILES string of the molecule is NCCc1ccc(-c2nc(-c3ccc[nH]3)no2)cc1. The number of aromatic amines is 1. The van der Waals surface area contributed by atoms with Crippen LogP contribution in [0.25, 0.3) is 23.0 Å². The lowest BCUT2D eigenvalue weighted by molar-refractivity contribution is 0.432.